The van der Waals surface area contributed by atoms with E-state index < -0.39 is 0 Å². The third kappa shape index (κ3) is 0.593. The van der Waals surface area contributed by atoms with E-state index in [2.05, 4.69) is 28.2 Å². The number of rotatable bonds is 0. The van der Waals surface area contributed by atoms with Gasteiger partial charge in [-0.1, -0.05) is 24.3 Å². The van der Waals surface area contributed by atoms with E-state index in [9.17, 15) is 0 Å². The van der Waals surface area contributed by atoms with Crippen molar-refractivity contribution in [1.29, 1.82) is 0 Å². The number of aliphatic imine (C=N–C) groups is 1. The average Bonchev–Trinajstić information content (AvgIpc) is 2.71. The first-order valence-electron chi connectivity index (χ1n) is 3.87. The molecule has 1 aromatic carbocycles. The lowest BCUT2D eigenvalue weighted by Gasteiger charge is -1.92. The molecule has 2 nitrogen and oxygen atoms in total. The first-order valence-corrected chi connectivity index (χ1v) is 3.87. The molecule has 0 fully saturated rings. The molecule has 0 amide bonds. The molecule has 2 heteroatoms. The van der Waals surface area contributed by atoms with Crippen LogP contribution in [0.3, 0.4) is 0 Å². The van der Waals surface area contributed by atoms with Crippen molar-refractivity contribution in [3.63, 3.8) is 0 Å². The standard InChI is InChI=1S/C10H6N2/c1-2-7-4-5-9-10(8(7)3-1)12-6-11-9/h1-6H. The first kappa shape index (κ1) is 5.89. The highest BCUT2D eigenvalue weighted by atomic mass is 14.9. The zero-order valence-electron chi connectivity index (χ0n) is 6.36. The van der Waals surface area contributed by atoms with Gasteiger partial charge in [-0.05, 0) is 11.6 Å². The van der Waals surface area contributed by atoms with Crippen molar-refractivity contribution < 1.29 is 0 Å². The summed E-state index contributed by atoms with van der Waals surface area (Å²) in [5, 5.41) is 2.21. The Labute approximate surface area is 69.3 Å². The molecule has 0 spiro atoms. The highest BCUT2D eigenvalue weighted by molar-refractivity contribution is 5.73. The molecule has 2 aliphatic rings. The lowest BCUT2D eigenvalue weighted by atomic mass is 10.2. The molecule has 0 atom stereocenters. The molecule has 0 bridgehead atoms. The highest BCUT2D eigenvalue weighted by Gasteiger charge is 2.05. The van der Waals surface area contributed by atoms with Crippen LogP contribution in [-0.4, -0.2) is 6.34 Å². The number of fused-ring (bicyclic) bond motifs is 3. The molecule has 1 aliphatic carbocycles. The minimum absolute atomic E-state index is 0.980. The van der Waals surface area contributed by atoms with E-state index in [0.29, 0.717) is 0 Å². The fourth-order valence-electron chi connectivity index (χ4n) is 1.57. The largest absolute Gasteiger partial charge is 0.235 e. The molecule has 3 rings (SSSR count). The van der Waals surface area contributed by atoms with Gasteiger partial charge < -0.3 is 0 Å². The van der Waals surface area contributed by atoms with Gasteiger partial charge in [-0.25, -0.2) is 9.98 Å². The third-order valence-corrected chi connectivity index (χ3v) is 2.15. The zero-order valence-corrected chi connectivity index (χ0v) is 6.36. The van der Waals surface area contributed by atoms with Gasteiger partial charge in [0.05, 0.1) is 11.0 Å². The Morgan fingerprint density at radius 2 is 2.17 bits per heavy atom. The topological polar surface area (TPSA) is 24.7 Å². The quantitative estimate of drug-likeness (QED) is 0.527. The van der Waals surface area contributed by atoms with Crippen LogP contribution in [0.25, 0.3) is 12.2 Å². The molecule has 0 radical (unpaired) electrons. The monoisotopic (exact) mass is 154 g/mol. The summed E-state index contributed by atoms with van der Waals surface area (Å²) in [5.41, 5.74) is 2.22. The molecule has 0 N–H and O–H groups in total. The van der Waals surface area contributed by atoms with Gasteiger partial charge in [-0.2, -0.15) is 0 Å². The van der Waals surface area contributed by atoms with Gasteiger partial charge in [-0.15, -0.1) is 0 Å². The third-order valence-electron chi connectivity index (χ3n) is 2.15. The maximum atomic E-state index is 4.21. The summed E-state index contributed by atoms with van der Waals surface area (Å²) < 4.78 is 0. The van der Waals surface area contributed by atoms with Crippen molar-refractivity contribution >= 4 is 24.2 Å². The molecule has 0 aromatic heterocycles. The Morgan fingerprint density at radius 3 is 3.17 bits per heavy atom. The molecular weight excluding hydrogens is 148 g/mol. The van der Waals surface area contributed by atoms with E-state index in [4.69, 9.17) is 0 Å². The molecule has 1 aliphatic heterocycles. The van der Waals surface area contributed by atoms with Gasteiger partial charge >= 0.3 is 0 Å². The van der Waals surface area contributed by atoms with Gasteiger partial charge in [0, 0.05) is 5.22 Å². The van der Waals surface area contributed by atoms with Crippen LogP contribution in [-0.2, 0) is 0 Å². The average molecular weight is 154 g/mol. The van der Waals surface area contributed by atoms with Gasteiger partial charge in [0.25, 0.3) is 0 Å². The van der Waals surface area contributed by atoms with Crippen LogP contribution >= 0.6 is 0 Å². The predicted octanol–water partition coefficient (Wildman–Crippen LogP) is 0.787. The number of hydrogen-bond acceptors (Lipinski definition) is 2. The van der Waals surface area contributed by atoms with Crippen LogP contribution in [0.4, 0.5) is 5.69 Å². The Bertz CT molecular complexity index is 473. The second kappa shape index (κ2) is 1.91. The predicted molar refractivity (Wildman–Crippen MR) is 48.9 cm³/mol. The van der Waals surface area contributed by atoms with Crippen molar-refractivity contribution in [2.75, 3.05) is 0 Å². The van der Waals surface area contributed by atoms with Crippen LogP contribution in [0, 0.1) is 0 Å². The number of hydrogen-bond donors (Lipinski definition) is 0. The van der Waals surface area contributed by atoms with Crippen molar-refractivity contribution in [2.45, 2.75) is 0 Å². The minimum atomic E-state index is 0.980. The molecule has 0 saturated carbocycles. The van der Waals surface area contributed by atoms with Crippen LogP contribution < -0.4 is 10.6 Å². The van der Waals surface area contributed by atoms with Crippen molar-refractivity contribution in [2.24, 2.45) is 9.98 Å². The second-order valence-electron chi connectivity index (χ2n) is 2.84. The normalized spacial score (nSPS) is 15.3. The maximum absolute atomic E-state index is 4.21. The van der Waals surface area contributed by atoms with E-state index in [1.54, 1.807) is 6.34 Å². The Hall–Kier alpha value is -1.70. The van der Waals surface area contributed by atoms with E-state index in [1.165, 1.54) is 10.8 Å². The van der Waals surface area contributed by atoms with E-state index in [-0.39, 0.29) is 0 Å². The van der Waals surface area contributed by atoms with Gasteiger partial charge in [0.2, 0.25) is 0 Å². The molecule has 1 heterocycles. The Kier molecular flexibility index (Phi) is 0.939. The lowest BCUT2D eigenvalue weighted by Crippen LogP contribution is -2.24. The summed E-state index contributed by atoms with van der Waals surface area (Å²) in [4.78, 5) is 8.35. The van der Waals surface area contributed by atoms with Crippen LogP contribution in [0.15, 0.2) is 28.2 Å². The van der Waals surface area contributed by atoms with Crippen molar-refractivity contribution in [1.82, 2.24) is 0 Å². The van der Waals surface area contributed by atoms with Gasteiger partial charge in [-0.3, -0.25) is 0 Å². The minimum Gasteiger partial charge on any atom is -0.235 e. The molecular formula is C10H6N2. The zero-order chi connectivity index (χ0) is 7.97. The molecule has 0 unspecified atom stereocenters. The fourth-order valence-corrected chi connectivity index (χ4v) is 1.57. The smallest absolute Gasteiger partial charge is 0.116 e. The summed E-state index contributed by atoms with van der Waals surface area (Å²) in [6, 6.07) is 4.08. The second-order valence-corrected chi connectivity index (χ2v) is 2.84. The van der Waals surface area contributed by atoms with Gasteiger partial charge in [0.1, 0.15) is 6.34 Å². The molecule has 0 saturated heterocycles. The van der Waals surface area contributed by atoms with Crippen molar-refractivity contribution in [3.8, 4) is 0 Å². The summed E-state index contributed by atoms with van der Waals surface area (Å²) in [5.74, 6) is 0. The number of nitrogens with zero attached hydrogens (tertiary/aromatic N) is 2. The number of allylic oxidation sites excluding steroid dienone is 1. The summed E-state index contributed by atoms with van der Waals surface area (Å²) in [6.45, 7) is 0. The highest BCUT2D eigenvalue weighted by Crippen LogP contribution is 2.09. The molecule has 56 valence electrons. The Morgan fingerprint density at radius 1 is 1.17 bits per heavy atom. The van der Waals surface area contributed by atoms with E-state index in [0.717, 1.165) is 11.0 Å². The van der Waals surface area contributed by atoms with Crippen molar-refractivity contribution in [3.05, 3.63) is 34.3 Å². The van der Waals surface area contributed by atoms with Crippen LogP contribution in [0.5, 0.6) is 0 Å². The fraction of sp³-hybridized carbons (Fsp3) is 0. The lowest BCUT2D eigenvalue weighted by molar-refractivity contribution is 1.39. The van der Waals surface area contributed by atoms with E-state index >= 15 is 0 Å². The van der Waals surface area contributed by atoms with Crippen LogP contribution in [0.1, 0.15) is 5.56 Å². The van der Waals surface area contributed by atoms with Gasteiger partial charge in [0.15, 0.2) is 0 Å². The maximum Gasteiger partial charge on any atom is 0.116 e. The number of benzene rings is 1. The first-order chi connectivity index (χ1) is 5.95. The summed E-state index contributed by atoms with van der Waals surface area (Å²) in [6.07, 6.45) is 7.81. The molecule has 1 aromatic rings. The summed E-state index contributed by atoms with van der Waals surface area (Å²) >= 11 is 0. The summed E-state index contributed by atoms with van der Waals surface area (Å²) in [7, 11) is 0. The van der Waals surface area contributed by atoms with E-state index in [1.807, 2.05) is 12.1 Å². The Balaban J connectivity index is 2.58. The molecule has 12 heavy (non-hydrogen) atoms. The van der Waals surface area contributed by atoms with Crippen LogP contribution in [0.2, 0.25) is 0 Å². The SMILES string of the molecule is C1=Cc2ccc3c(c2=C1)=NC=N3.